The second kappa shape index (κ2) is 6.72. The topological polar surface area (TPSA) is 0 Å². The van der Waals surface area contributed by atoms with Crippen molar-refractivity contribution in [3.05, 3.63) is 41.5 Å². The van der Waals surface area contributed by atoms with Crippen molar-refractivity contribution in [2.75, 3.05) is 20.6 Å². The van der Waals surface area contributed by atoms with Gasteiger partial charge in [0, 0.05) is 5.56 Å². The second-order valence-electron chi connectivity index (χ2n) is 4.65. The van der Waals surface area contributed by atoms with Crippen molar-refractivity contribution in [2.24, 2.45) is 0 Å². The fourth-order valence-corrected chi connectivity index (χ4v) is 1.53. The summed E-state index contributed by atoms with van der Waals surface area (Å²) in [5, 5.41) is 0. The second-order valence-corrected chi connectivity index (χ2v) is 4.65. The van der Waals surface area contributed by atoms with Gasteiger partial charge < -0.3 is 16.9 Å². The first kappa shape index (κ1) is 15.2. The van der Waals surface area contributed by atoms with E-state index < -0.39 is 0 Å². The molecule has 0 spiro atoms. The van der Waals surface area contributed by atoms with Gasteiger partial charge in [-0.15, -0.1) is 0 Å². The molecule has 0 N–H and O–H groups in total. The lowest BCUT2D eigenvalue weighted by atomic mass is 10.1. The van der Waals surface area contributed by atoms with Crippen molar-refractivity contribution in [3.63, 3.8) is 0 Å². The van der Waals surface area contributed by atoms with E-state index in [9.17, 15) is 0 Å². The molecule has 0 amide bonds. The lowest BCUT2D eigenvalue weighted by molar-refractivity contribution is -0.901. The monoisotopic (exact) mass is 239 g/mol. The van der Waals surface area contributed by atoms with Crippen LogP contribution in [0.4, 0.5) is 0 Å². The minimum Gasteiger partial charge on any atom is -1.00 e. The number of hydrogen-bond donors (Lipinski definition) is 0. The molecule has 0 aliphatic carbocycles. The molecule has 1 aromatic carbocycles. The van der Waals surface area contributed by atoms with Gasteiger partial charge in [0.25, 0.3) is 0 Å². The summed E-state index contributed by atoms with van der Waals surface area (Å²) in [5.41, 5.74) is 2.69. The Hall–Kier alpha value is -0.790. The molecule has 0 aliphatic rings. The van der Waals surface area contributed by atoms with E-state index in [-0.39, 0.29) is 12.4 Å². The molecule has 1 rings (SSSR count). The van der Waals surface area contributed by atoms with Gasteiger partial charge in [-0.2, -0.15) is 0 Å². The van der Waals surface area contributed by atoms with Crippen LogP contribution in [0, 0.1) is 0 Å². The van der Waals surface area contributed by atoms with Crippen LogP contribution in [0.25, 0.3) is 6.08 Å². The zero-order valence-corrected chi connectivity index (χ0v) is 11.5. The van der Waals surface area contributed by atoms with Crippen molar-refractivity contribution in [1.82, 2.24) is 0 Å². The Morgan fingerprint density at radius 3 is 2.12 bits per heavy atom. The quantitative estimate of drug-likeness (QED) is 0.664. The highest BCUT2D eigenvalue weighted by Gasteiger charge is 2.11. The zero-order chi connectivity index (χ0) is 11.3. The van der Waals surface area contributed by atoms with Gasteiger partial charge in [0.05, 0.1) is 20.6 Å². The fourth-order valence-electron chi connectivity index (χ4n) is 1.53. The van der Waals surface area contributed by atoms with Crippen molar-refractivity contribution in [2.45, 2.75) is 20.4 Å². The number of quaternary nitrogens is 1. The third-order valence-corrected chi connectivity index (χ3v) is 2.81. The van der Waals surface area contributed by atoms with E-state index in [0.717, 1.165) is 17.6 Å². The minimum absolute atomic E-state index is 0. The Kier molecular flexibility index (Phi) is 6.39. The lowest BCUT2D eigenvalue weighted by Crippen LogP contribution is -3.00. The Morgan fingerprint density at radius 1 is 1.12 bits per heavy atom. The van der Waals surface area contributed by atoms with E-state index >= 15 is 0 Å². The smallest absolute Gasteiger partial charge is 0.104 e. The molecule has 0 unspecified atom stereocenters. The Bertz CT molecular complexity index is 325. The third kappa shape index (κ3) is 4.82. The molecule has 0 atom stereocenters. The van der Waals surface area contributed by atoms with Gasteiger partial charge >= 0.3 is 0 Å². The fraction of sp³-hybridized carbons (Fsp3) is 0.429. The first-order chi connectivity index (χ1) is 7.07. The van der Waals surface area contributed by atoms with Gasteiger partial charge in [-0.05, 0) is 19.4 Å². The number of rotatable bonds is 4. The van der Waals surface area contributed by atoms with Crippen LogP contribution >= 0.6 is 0 Å². The average Bonchev–Trinajstić information content (AvgIpc) is 2.21. The molecule has 1 aromatic rings. The van der Waals surface area contributed by atoms with Crippen LogP contribution in [0.1, 0.15) is 25.0 Å². The standard InChI is InChI=1S/C14H22N.ClH/c1-5-7-13-8-10-14(11-9-13)12-15(3,4)6-2;/h5,7-11H,6,12H2,1-4H3;1H/q+1;/p-1/b7-5+;. The van der Waals surface area contributed by atoms with Gasteiger partial charge in [-0.25, -0.2) is 0 Å². The molecule has 0 aromatic heterocycles. The van der Waals surface area contributed by atoms with E-state index in [4.69, 9.17) is 0 Å². The van der Waals surface area contributed by atoms with Crippen molar-refractivity contribution < 1.29 is 16.9 Å². The van der Waals surface area contributed by atoms with Gasteiger partial charge in [0.2, 0.25) is 0 Å². The van der Waals surface area contributed by atoms with Crippen LogP contribution < -0.4 is 12.4 Å². The molecule has 0 fully saturated rings. The summed E-state index contributed by atoms with van der Waals surface area (Å²) in [5.74, 6) is 0. The van der Waals surface area contributed by atoms with E-state index in [1.54, 1.807) is 0 Å². The largest absolute Gasteiger partial charge is 1.00 e. The summed E-state index contributed by atoms with van der Waals surface area (Å²) in [7, 11) is 4.53. The third-order valence-electron chi connectivity index (χ3n) is 2.81. The maximum absolute atomic E-state index is 2.26. The van der Waals surface area contributed by atoms with Gasteiger partial charge in [-0.1, -0.05) is 36.4 Å². The van der Waals surface area contributed by atoms with Crippen molar-refractivity contribution >= 4 is 6.08 Å². The molecule has 0 saturated heterocycles. The predicted octanol–water partition coefficient (Wildman–Crippen LogP) is 0.320. The number of allylic oxidation sites excluding steroid dienone is 1. The molecular formula is C14H22ClN. The van der Waals surface area contributed by atoms with Crippen LogP contribution in [0.3, 0.4) is 0 Å². The average molecular weight is 240 g/mol. The first-order valence-corrected chi connectivity index (χ1v) is 5.61. The van der Waals surface area contributed by atoms with E-state index in [2.05, 4.69) is 57.4 Å². The highest BCUT2D eigenvalue weighted by Crippen LogP contribution is 2.11. The molecule has 0 bridgehead atoms. The highest BCUT2D eigenvalue weighted by molar-refractivity contribution is 5.49. The van der Waals surface area contributed by atoms with Crippen LogP contribution in [0.15, 0.2) is 30.3 Å². The maximum Gasteiger partial charge on any atom is 0.104 e. The first-order valence-electron chi connectivity index (χ1n) is 5.61. The predicted molar refractivity (Wildman–Crippen MR) is 67.5 cm³/mol. The number of halogens is 1. The van der Waals surface area contributed by atoms with Crippen LogP contribution in [0.5, 0.6) is 0 Å². The summed E-state index contributed by atoms with van der Waals surface area (Å²) in [6, 6.07) is 8.83. The Labute approximate surface area is 106 Å². The van der Waals surface area contributed by atoms with E-state index in [1.165, 1.54) is 11.1 Å². The van der Waals surface area contributed by atoms with Gasteiger partial charge in [-0.3, -0.25) is 0 Å². The van der Waals surface area contributed by atoms with E-state index in [0.29, 0.717) is 0 Å². The number of nitrogens with zero attached hydrogens (tertiary/aromatic N) is 1. The molecule has 0 aliphatic heterocycles. The van der Waals surface area contributed by atoms with Crippen molar-refractivity contribution in [3.8, 4) is 0 Å². The molecule has 16 heavy (non-hydrogen) atoms. The lowest BCUT2D eigenvalue weighted by Gasteiger charge is -2.28. The summed E-state index contributed by atoms with van der Waals surface area (Å²) >= 11 is 0. The van der Waals surface area contributed by atoms with Crippen LogP contribution in [-0.2, 0) is 6.54 Å². The van der Waals surface area contributed by atoms with Gasteiger partial charge in [0.15, 0.2) is 0 Å². The van der Waals surface area contributed by atoms with Gasteiger partial charge in [0.1, 0.15) is 6.54 Å². The molecule has 90 valence electrons. The number of benzene rings is 1. The Morgan fingerprint density at radius 2 is 1.69 bits per heavy atom. The molecule has 0 radical (unpaired) electrons. The SMILES string of the molecule is C/C=C/c1ccc(C[N+](C)(C)CC)cc1.[Cl-]. The summed E-state index contributed by atoms with van der Waals surface area (Å²) in [6.45, 7) is 6.54. The maximum atomic E-state index is 2.26. The summed E-state index contributed by atoms with van der Waals surface area (Å²) in [6.07, 6.45) is 4.20. The molecule has 0 heterocycles. The Balaban J connectivity index is 0.00000225. The molecular weight excluding hydrogens is 218 g/mol. The molecule has 1 nitrogen and oxygen atoms in total. The van der Waals surface area contributed by atoms with Crippen LogP contribution in [0.2, 0.25) is 0 Å². The minimum atomic E-state index is 0. The molecule has 0 saturated carbocycles. The zero-order valence-electron chi connectivity index (χ0n) is 10.7. The highest BCUT2D eigenvalue weighted by atomic mass is 35.5. The molecule has 2 heteroatoms. The normalized spacial score (nSPS) is 11.5. The van der Waals surface area contributed by atoms with Crippen LogP contribution in [-0.4, -0.2) is 25.1 Å². The summed E-state index contributed by atoms with van der Waals surface area (Å²) < 4.78 is 1.04. The van der Waals surface area contributed by atoms with Crippen molar-refractivity contribution in [1.29, 1.82) is 0 Å². The number of hydrogen-bond acceptors (Lipinski definition) is 0. The van der Waals surface area contributed by atoms with E-state index in [1.807, 2.05) is 6.92 Å². The summed E-state index contributed by atoms with van der Waals surface area (Å²) in [4.78, 5) is 0.